The first-order chi connectivity index (χ1) is 13.2. The molecule has 2 saturated carbocycles. The van der Waals surface area contributed by atoms with Crippen molar-refractivity contribution >= 4 is 20.0 Å². The van der Waals surface area contributed by atoms with Gasteiger partial charge in [-0.05, 0) is 74.6 Å². The molecular formula is C20H32N2O4S2. The summed E-state index contributed by atoms with van der Waals surface area (Å²) < 4.78 is 56.2. The first-order valence-electron chi connectivity index (χ1n) is 10.3. The number of hydrogen-bond donors (Lipinski definition) is 2. The molecule has 2 aliphatic carbocycles. The standard InChI is InChI=1S/C20H32N2O4S2/c1-15-7-9-17(10-8-15)21-27(23,24)18-11-13-19(14-12-18)28(25,26)22-20-6-4-3-5-16(20)2/h11-17,20-22H,3-10H2,1-2H3/t15?,16-,17?,20-/m1/s1. The van der Waals surface area contributed by atoms with Crippen molar-refractivity contribution < 1.29 is 16.8 Å². The summed E-state index contributed by atoms with van der Waals surface area (Å²) in [4.78, 5) is 0.215. The quantitative estimate of drug-likeness (QED) is 0.726. The van der Waals surface area contributed by atoms with Gasteiger partial charge in [-0.3, -0.25) is 0 Å². The van der Waals surface area contributed by atoms with E-state index in [0.29, 0.717) is 11.8 Å². The van der Waals surface area contributed by atoms with Crippen LogP contribution in [-0.2, 0) is 20.0 Å². The van der Waals surface area contributed by atoms with E-state index in [1.54, 1.807) is 0 Å². The highest BCUT2D eigenvalue weighted by Gasteiger charge is 2.28. The molecular weight excluding hydrogens is 396 g/mol. The third-order valence-corrected chi connectivity index (χ3v) is 9.24. The van der Waals surface area contributed by atoms with Crippen molar-refractivity contribution in [1.29, 1.82) is 0 Å². The van der Waals surface area contributed by atoms with E-state index in [2.05, 4.69) is 23.3 Å². The summed E-state index contributed by atoms with van der Waals surface area (Å²) in [5, 5.41) is 0. The van der Waals surface area contributed by atoms with E-state index in [0.717, 1.165) is 51.4 Å². The Hall–Kier alpha value is -0.960. The molecule has 0 amide bonds. The van der Waals surface area contributed by atoms with Crippen molar-refractivity contribution in [3.8, 4) is 0 Å². The van der Waals surface area contributed by atoms with Crippen LogP contribution in [0.25, 0.3) is 0 Å². The van der Waals surface area contributed by atoms with Gasteiger partial charge in [0.2, 0.25) is 20.0 Å². The molecule has 0 aliphatic heterocycles. The maximum absolute atomic E-state index is 12.7. The van der Waals surface area contributed by atoms with Crippen LogP contribution in [0, 0.1) is 11.8 Å². The van der Waals surface area contributed by atoms with E-state index >= 15 is 0 Å². The summed E-state index contributed by atoms with van der Waals surface area (Å²) in [7, 11) is -7.29. The summed E-state index contributed by atoms with van der Waals surface area (Å²) in [6, 6.07) is 5.43. The van der Waals surface area contributed by atoms with Crippen LogP contribution < -0.4 is 9.44 Å². The van der Waals surface area contributed by atoms with Gasteiger partial charge in [-0.25, -0.2) is 26.3 Å². The Morgan fingerprint density at radius 3 is 1.75 bits per heavy atom. The Labute approximate surface area is 169 Å². The first-order valence-corrected chi connectivity index (χ1v) is 13.3. The molecule has 0 spiro atoms. The number of nitrogens with one attached hydrogen (secondary N) is 2. The number of hydrogen-bond acceptors (Lipinski definition) is 4. The normalized spacial score (nSPS) is 29.5. The Balaban J connectivity index is 1.68. The van der Waals surface area contributed by atoms with Crippen molar-refractivity contribution in [2.75, 3.05) is 0 Å². The molecule has 0 unspecified atom stereocenters. The van der Waals surface area contributed by atoms with Crippen LogP contribution in [-0.4, -0.2) is 28.9 Å². The summed E-state index contributed by atoms with van der Waals surface area (Å²) in [6.07, 6.45) is 7.77. The Morgan fingerprint density at radius 2 is 1.21 bits per heavy atom. The van der Waals surface area contributed by atoms with Crippen molar-refractivity contribution in [2.45, 2.75) is 87.1 Å². The number of rotatable bonds is 6. The van der Waals surface area contributed by atoms with Gasteiger partial charge in [0.1, 0.15) is 0 Å². The van der Waals surface area contributed by atoms with Crippen molar-refractivity contribution in [3.63, 3.8) is 0 Å². The Morgan fingerprint density at radius 1 is 0.714 bits per heavy atom. The van der Waals surface area contributed by atoms with E-state index in [-0.39, 0.29) is 21.9 Å². The minimum Gasteiger partial charge on any atom is -0.208 e. The lowest BCUT2D eigenvalue weighted by Crippen LogP contribution is -2.41. The average Bonchev–Trinajstić information content (AvgIpc) is 2.65. The third kappa shape index (κ3) is 5.34. The molecule has 1 aromatic carbocycles. The van der Waals surface area contributed by atoms with Crippen LogP contribution in [0.1, 0.15) is 65.2 Å². The highest BCUT2D eigenvalue weighted by Crippen LogP contribution is 2.27. The van der Waals surface area contributed by atoms with Crippen LogP contribution in [0.2, 0.25) is 0 Å². The van der Waals surface area contributed by atoms with Gasteiger partial charge in [0.05, 0.1) is 9.79 Å². The highest BCUT2D eigenvalue weighted by molar-refractivity contribution is 7.90. The van der Waals surface area contributed by atoms with Gasteiger partial charge in [-0.2, -0.15) is 0 Å². The SMILES string of the molecule is CC1CCC(NS(=O)(=O)c2ccc(S(=O)(=O)N[C@@H]3CCCC[C@H]3C)cc2)CC1. The fraction of sp³-hybridized carbons (Fsp3) is 0.700. The molecule has 8 heteroatoms. The van der Waals surface area contributed by atoms with Gasteiger partial charge in [-0.15, -0.1) is 0 Å². The van der Waals surface area contributed by atoms with E-state index in [1.807, 2.05) is 0 Å². The summed E-state index contributed by atoms with van der Waals surface area (Å²) in [5.41, 5.74) is 0. The van der Waals surface area contributed by atoms with Crippen LogP contribution in [0.4, 0.5) is 0 Å². The lowest BCUT2D eigenvalue weighted by Gasteiger charge is -2.29. The molecule has 1 aromatic rings. The smallest absolute Gasteiger partial charge is 0.208 e. The molecule has 3 rings (SSSR count). The molecule has 0 bridgehead atoms. The van der Waals surface area contributed by atoms with Crippen molar-refractivity contribution in [1.82, 2.24) is 9.44 Å². The van der Waals surface area contributed by atoms with E-state index < -0.39 is 20.0 Å². The predicted molar refractivity (Wildman–Crippen MR) is 110 cm³/mol. The zero-order valence-electron chi connectivity index (χ0n) is 16.7. The third-order valence-electron chi connectivity index (χ3n) is 6.20. The molecule has 0 radical (unpaired) electrons. The zero-order chi connectivity index (χ0) is 20.4. The monoisotopic (exact) mass is 428 g/mol. The minimum absolute atomic E-state index is 0.0425. The second-order valence-corrected chi connectivity index (χ2v) is 12.0. The highest BCUT2D eigenvalue weighted by atomic mass is 32.2. The summed E-state index contributed by atoms with van der Waals surface area (Å²) in [6.45, 7) is 4.26. The Bertz CT molecular complexity index is 858. The molecule has 0 aromatic heterocycles. The van der Waals surface area contributed by atoms with Gasteiger partial charge >= 0.3 is 0 Å². The lowest BCUT2D eigenvalue weighted by molar-refractivity contribution is 0.310. The molecule has 2 aliphatic rings. The van der Waals surface area contributed by atoms with Gasteiger partial charge in [0, 0.05) is 12.1 Å². The van der Waals surface area contributed by atoms with Gasteiger partial charge < -0.3 is 0 Å². The molecule has 0 heterocycles. The molecule has 2 N–H and O–H groups in total. The predicted octanol–water partition coefficient (Wildman–Crippen LogP) is 3.40. The minimum atomic E-state index is -3.65. The van der Waals surface area contributed by atoms with Gasteiger partial charge in [0.25, 0.3) is 0 Å². The molecule has 0 saturated heterocycles. The largest absolute Gasteiger partial charge is 0.240 e. The van der Waals surface area contributed by atoms with Crippen molar-refractivity contribution in [2.24, 2.45) is 11.8 Å². The van der Waals surface area contributed by atoms with Crippen LogP contribution in [0.5, 0.6) is 0 Å². The number of benzene rings is 1. The van der Waals surface area contributed by atoms with E-state index in [1.165, 1.54) is 24.3 Å². The van der Waals surface area contributed by atoms with Gasteiger partial charge in [-0.1, -0.05) is 26.7 Å². The van der Waals surface area contributed by atoms with Crippen LogP contribution in [0.15, 0.2) is 34.1 Å². The van der Waals surface area contributed by atoms with Crippen molar-refractivity contribution in [3.05, 3.63) is 24.3 Å². The topological polar surface area (TPSA) is 92.3 Å². The van der Waals surface area contributed by atoms with E-state index in [4.69, 9.17) is 0 Å². The van der Waals surface area contributed by atoms with E-state index in [9.17, 15) is 16.8 Å². The molecule has 2 atom stereocenters. The summed E-state index contributed by atoms with van der Waals surface area (Å²) >= 11 is 0. The molecule has 28 heavy (non-hydrogen) atoms. The van der Waals surface area contributed by atoms with Crippen LogP contribution in [0.3, 0.4) is 0 Å². The zero-order valence-corrected chi connectivity index (χ0v) is 18.4. The average molecular weight is 429 g/mol. The maximum atomic E-state index is 12.7. The fourth-order valence-corrected chi connectivity index (χ4v) is 6.91. The summed E-state index contributed by atoms with van der Waals surface area (Å²) in [5.74, 6) is 0.954. The molecule has 158 valence electrons. The molecule has 6 nitrogen and oxygen atoms in total. The lowest BCUT2D eigenvalue weighted by atomic mass is 9.87. The Kier molecular flexibility index (Phi) is 6.84. The second-order valence-electron chi connectivity index (χ2n) is 8.54. The second kappa shape index (κ2) is 8.81. The number of sulfonamides is 2. The maximum Gasteiger partial charge on any atom is 0.240 e. The fourth-order valence-electron chi connectivity index (χ4n) is 4.22. The first kappa shape index (κ1) is 21.7. The molecule has 2 fully saturated rings. The van der Waals surface area contributed by atoms with Crippen LogP contribution >= 0.6 is 0 Å². The van der Waals surface area contributed by atoms with Gasteiger partial charge in [0.15, 0.2) is 0 Å².